The summed E-state index contributed by atoms with van der Waals surface area (Å²) in [5.41, 5.74) is 2.31. The Kier molecular flexibility index (Phi) is 9.00. The number of anilines is 1. The molecule has 1 fully saturated rings. The number of benzene rings is 2. The summed E-state index contributed by atoms with van der Waals surface area (Å²) in [6.07, 6.45) is 4.13. The van der Waals surface area contributed by atoms with Crippen LogP contribution >= 0.6 is 0 Å². The molecule has 9 heteroatoms. The van der Waals surface area contributed by atoms with Crippen LogP contribution in [0.4, 0.5) is 5.69 Å². The molecule has 2 aromatic carbocycles. The molecule has 1 unspecified atom stereocenters. The fraction of sp³-hybridized carbons (Fsp3) is 0.519. The van der Waals surface area contributed by atoms with Gasteiger partial charge in [-0.3, -0.25) is 4.90 Å². The largest absolute Gasteiger partial charge is 0.495 e. The van der Waals surface area contributed by atoms with E-state index in [0.717, 1.165) is 86.2 Å². The minimum Gasteiger partial charge on any atom is -0.495 e. The molecule has 0 spiro atoms. The number of rotatable bonds is 12. The first-order valence-electron chi connectivity index (χ1n) is 12.8. The molecule has 1 aromatic heterocycles. The van der Waals surface area contributed by atoms with Gasteiger partial charge < -0.3 is 19.1 Å². The monoisotopic (exact) mass is 494 g/mol. The van der Waals surface area contributed by atoms with Gasteiger partial charge in [0.1, 0.15) is 5.75 Å². The van der Waals surface area contributed by atoms with E-state index in [1.807, 2.05) is 28.9 Å². The van der Waals surface area contributed by atoms with Gasteiger partial charge in [0, 0.05) is 32.7 Å². The summed E-state index contributed by atoms with van der Waals surface area (Å²) < 4.78 is 18.4. The first kappa shape index (κ1) is 25.8. The normalized spacial score (nSPS) is 15.1. The van der Waals surface area contributed by atoms with E-state index in [-0.39, 0.29) is 6.04 Å². The highest BCUT2D eigenvalue weighted by molar-refractivity contribution is 5.58. The number of ether oxygens (including phenoxy) is 3. The van der Waals surface area contributed by atoms with E-state index < -0.39 is 0 Å². The molecule has 1 saturated heterocycles. The van der Waals surface area contributed by atoms with Gasteiger partial charge in [0.25, 0.3) is 0 Å². The number of para-hydroxylation sites is 2. The van der Waals surface area contributed by atoms with E-state index in [4.69, 9.17) is 14.2 Å². The van der Waals surface area contributed by atoms with Crippen molar-refractivity contribution >= 4 is 5.69 Å². The first-order chi connectivity index (χ1) is 17.7. The van der Waals surface area contributed by atoms with E-state index in [2.05, 4.69) is 50.4 Å². The summed E-state index contributed by atoms with van der Waals surface area (Å²) >= 11 is 0. The Labute approximate surface area is 213 Å². The lowest BCUT2D eigenvalue weighted by Crippen LogP contribution is -2.48. The van der Waals surface area contributed by atoms with Crippen LogP contribution in [-0.4, -0.2) is 72.6 Å². The lowest BCUT2D eigenvalue weighted by atomic mass is 10.1. The van der Waals surface area contributed by atoms with Crippen molar-refractivity contribution in [1.29, 1.82) is 0 Å². The third-order valence-corrected chi connectivity index (χ3v) is 6.93. The second-order valence-electron chi connectivity index (χ2n) is 9.05. The smallest absolute Gasteiger partial charge is 0.168 e. The summed E-state index contributed by atoms with van der Waals surface area (Å²) in [6, 6.07) is 14.5. The lowest BCUT2D eigenvalue weighted by Gasteiger charge is -2.40. The third kappa shape index (κ3) is 5.90. The van der Waals surface area contributed by atoms with Gasteiger partial charge in [-0.25, -0.2) is 4.68 Å². The van der Waals surface area contributed by atoms with Crippen molar-refractivity contribution < 1.29 is 14.2 Å². The van der Waals surface area contributed by atoms with Gasteiger partial charge in [0.2, 0.25) is 0 Å². The van der Waals surface area contributed by atoms with Crippen molar-refractivity contribution in [1.82, 2.24) is 25.1 Å². The van der Waals surface area contributed by atoms with Crippen molar-refractivity contribution in [2.75, 3.05) is 52.4 Å². The Hall–Kier alpha value is -3.33. The van der Waals surface area contributed by atoms with Gasteiger partial charge in [0.15, 0.2) is 17.3 Å². The highest BCUT2D eigenvalue weighted by Gasteiger charge is 2.29. The maximum Gasteiger partial charge on any atom is 0.168 e. The molecule has 0 radical (unpaired) electrons. The van der Waals surface area contributed by atoms with Crippen LogP contribution in [-0.2, 0) is 13.0 Å². The van der Waals surface area contributed by atoms with Crippen LogP contribution in [0.1, 0.15) is 43.6 Å². The molecule has 0 amide bonds. The van der Waals surface area contributed by atoms with Gasteiger partial charge in [-0.1, -0.05) is 38.0 Å². The predicted molar refractivity (Wildman–Crippen MR) is 140 cm³/mol. The van der Waals surface area contributed by atoms with Gasteiger partial charge in [0.05, 0.1) is 33.1 Å². The molecule has 36 heavy (non-hydrogen) atoms. The van der Waals surface area contributed by atoms with Gasteiger partial charge in [-0.15, -0.1) is 5.10 Å². The summed E-state index contributed by atoms with van der Waals surface area (Å²) in [5, 5.41) is 12.9. The van der Waals surface area contributed by atoms with Crippen LogP contribution in [0.25, 0.3) is 0 Å². The van der Waals surface area contributed by atoms with Gasteiger partial charge in [-0.2, -0.15) is 0 Å². The number of aryl methyl sites for hydroxylation is 2. The Balaban J connectivity index is 1.45. The number of hydrogen-bond donors (Lipinski definition) is 0. The standard InChI is InChI=1S/C27H38N6O3/c1-5-6-9-23(32-18-16-31(17-19-32)22-10-7-8-11-24(22)34-2)27-28-29-30-33(27)15-14-21-12-13-25(35-3)26(20-21)36-4/h7-8,10-13,20,23H,5-6,9,14-19H2,1-4H3. The fourth-order valence-electron chi connectivity index (χ4n) is 4.92. The molecule has 1 aliphatic heterocycles. The van der Waals surface area contributed by atoms with E-state index in [1.54, 1.807) is 21.3 Å². The third-order valence-electron chi connectivity index (χ3n) is 6.93. The number of piperazine rings is 1. The molecule has 9 nitrogen and oxygen atoms in total. The number of aromatic nitrogens is 4. The Morgan fingerprint density at radius 3 is 2.36 bits per heavy atom. The molecule has 1 aliphatic rings. The molecular formula is C27H38N6O3. The zero-order valence-electron chi connectivity index (χ0n) is 21.9. The molecule has 3 aromatic rings. The summed E-state index contributed by atoms with van der Waals surface area (Å²) in [6.45, 7) is 6.73. The van der Waals surface area contributed by atoms with Crippen molar-refractivity contribution in [2.24, 2.45) is 0 Å². The van der Waals surface area contributed by atoms with Crippen molar-refractivity contribution in [3.8, 4) is 17.2 Å². The number of methoxy groups -OCH3 is 3. The second-order valence-corrected chi connectivity index (χ2v) is 9.05. The number of nitrogens with zero attached hydrogens (tertiary/aromatic N) is 6. The minimum absolute atomic E-state index is 0.199. The quantitative estimate of drug-likeness (QED) is 0.374. The topological polar surface area (TPSA) is 77.8 Å². The molecular weight excluding hydrogens is 456 g/mol. The maximum atomic E-state index is 5.59. The van der Waals surface area contributed by atoms with Crippen LogP contribution < -0.4 is 19.1 Å². The zero-order valence-corrected chi connectivity index (χ0v) is 21.9. The number of hydrogen-bond acceptors (Lipinski definition) is 8. The van der Waals surface area contributed by atoms with E-state index in [1.165, 1.54) is 0 Å². The van der Waals surface area contributed by atoms with Gasteiger partial charge in [-0.05, 0) is 53.1 Å². The van der Waals surface area contributed by atoms with Crippen LogP contribution in [0.2, 0.25) is 0 Å². The van der Waals surface area contributed by atoms with Crippen molar-refractivity contribution in [2.45, 2.75) is 45.2 Å². The molecule has 1 atom stereocenters. The maximum absolute atomic E-state index is 5.59. The fourth-order valence-corrected chi connectivity index (χ4v) is 4.92. The van der Waals surface area contributed by atoms with Crippen molar-refractivity contribution in [3.05, 3.63) is 53.9 Å². The molecule has 4 rings (SSSR count). The van der Waals surface area contributed by atoms with Crippen LogP contribution in [0.5, 0.6) is 17.2 Å². The van der Waals surface area contributed by atoms with Crippen molar-refractivity contribution in [3.63, 3.8) is 0 Å². The molecule has 194 valence electrons. The van der Waals surface area contributed by atoms with Crippen LogP contribution in [0.15, 0.2) is 42.5 Å². The average Bonchev–Trinajstić information content (AvgIpc) is 3.40. The first-order valence-corrected chi connectivity index (χ1v) is 12.8. The second kappa shape index (κ2) is 12.6. The summed E-state index contributed by atoms with van der Waals surface area (Å²) in [4.78, 5) is 4.95. The Bertz CT molecular complexity index is 1100. The Morgan fingerprint density at radius 1 is 0.889 bits per heavy atom. The van der Waals surface area contributed by atoms with Crippen LogP contribution in [0.3, 0.4) is 0 Å². The molecule has 0 bridgehead atoms. The van der Waals surface area contributed by atoms with Gasteiger partial charge >= 0.3 is 0 Å². The molecule has 0 saturated carbocycles. The lowest BCUT2D eigenvalue weighted by molar-refractivity contribution is 0.162. The predicted octanol–water partition coefficient (Wildman–Crippen LogP) is 4.00. The average molecular weight is 495 g/mol. The zero-order chi connectivity index (χ0) is 25.3. The van der Waals surface area contributed by atoms with E-state index >= 15 is 0 Å². The summed E-state index contributed by atoms with van der Waals surface area (Å²) in [5.74, 6) is 3.35. The minimum atomic E-state index is 0.199. The van der Waals surface area contributed by atoms with Crippen LogP contribution in [0, 0.1) is 0 Å². The van der Waals surface area contributed by atoms with E-state index in [0.29, 0.717) is 6.54 Å². The highest BCUT2D eigenvalue weighted by Crippen LogP contribution is 2.32. The molecule has 0 aliphatic carbocycles. The molecule has 0 N–H and O–H groups in total. The summed E-state index contributed by atoms with van der Waals surface area (Å²) in [7, 11) is 5.04. The van der Waals surface area contributed by atoms with E-state index in [9.17, 15) is 0 Å². The highest BCUT2D eigenvalue weighted by atomic mass is 16.5. The number of tetrazole rings is 1. The SMILES string of the molecule is CCCCC(c1nnnn1CCc1ccc(OC)c(OC)c1)N1CCN(c2ccccc2OC)CC1. The Morgan fingerprint density at radius 2 is 1.64 bits per heavy atom. The number of unbranched alkanes of at least 4 members (excludes halogenated alkanes) is 1. The molecule has 2 heterocycles.